The van der Waals surface area contributed by atoms with Gasteiger partial charge in [0.15, 0.2) is 0 Å². The summed E-state index contributed by atoms with van der Waals surface area (Å²) in [5, 5.41) is 9.78. The van der Waals surface area contributed by atoms with Gasteiger partial charge in [-0.05, 0) is 37.2 Å². The van der Waals surface area contributed by atoms with Gasteiger partial charge in [0.2, 0.25) is 5.88 Å². The lowest BCUT2D eigenvalue weighted by Crippen LogP contribution is -2.38. The molecule has 0 saturated carbocycles. The minimum Gasteiger partial charge on any atom is -0.479 e. The summed E-state index contributed by atoms with van der Waals surface area (Å²) in [6.45, 7) is 5.03. The van der Waals surface area contributed by atoms with Crippen LogP contribution < -0.4 is 15.4 Å². The molecule has 0 radical (unpaired) electrons. The molecule has 1 aromatic carbocycles. The molecule has 29 heavy (non-hydrogen) atoms. The smallest absolute Gasteiger partial charge is 0.262 e. The number of aryl methyl sites for hydroxylation is 1. The highest BCUT2D eigenvalue weighted by Crippen LogP contribution is 2.17. The van der Waals surface area contributed by atoms with E-state index in [1.165, 1.54) is 11.8 Å². The number of carbonyl (C=O) groups excluding carboxylic acids is 2. The van der Waals surface area contributed by atoms with E-state index in [-0.39, 0.29) is 17.7 Å². The van der Waals surface area contributed by atoms with Crippen LogP contribution in [-0.4, -0.2) is 73.0 Å². The number of methoxy groups -OCH3 is 1. The van der Waals surface area contributed by atoms with E-state index in [0.717, 1.165) is 39.3 Å². The molecule has 3 rings (SSSR count). The molecule has 1 aliphatic heterocycles. The summed E-state index contributed by atoms with van der Waals surface area (Å²) in [4.78, 5) is 27.0. The molecule has 9 nitrogen and oxygen atoms in total. The summed E-state index contributed by atoms with van der Waals surface area (Å²) in [5.41, 5.74) is 1.48. The molecule has 156 valence electrons. The zero-order valence-corrected chi connectivity index (χ0v) is 16.8. The van der Waals surface area contributed by atoms with E-state index in [9.17, 15) is 9.59 Å². The standard InChI is InChI=1S/C20H27N5O4/c1-24-14-17(20(23-24)28-2)19(27)22-16-6-4-15(5-7-16)18(26)21-8-3-9-25-10-12-29-13-11-25/h4-7,14H,3,8-13H2,1-2H3,(H,21,26)(H,22,27). The van der Waals surface area contributed by atoms with Crippen LogP contribution in [0.2, 0.25) is 0 Å². The fourth-order valence-electron chi connectivity index (χ4n) is 3.11. The Hall–Kier alpha value is -2.91. The van der Waals surface area contributed by atoms with Crippen LogP contribution in [0.25, 0.3) is 0 Å². The molecule has 0 aliphatic carbocycles. The van der Waals surface area contributed by atoms with Gasteiger partial charge in [-0.2, -0.15) is 0 Å². The molecule has 0 atom stereocenters. The number of nitrogens with zero attached hydrogens (tertiary/aromatic N) is 3. The summed E-state index contributed by atoms with van der Waals surface area (Å²) >= 11 is 0. The predicted molar refractivity (Wildman–Crippen MR) is 108 cm³/mol. The number of ether oxygens (including phenoxy) is 2. The molecule has 0 unspecified atom stereocenters. The summed E-state index contributed by atoms with van der Waals surface area (Å²) < 4.78 is 11.9. The van der Waals surface area contributed by atoms with Crippen LogP contribution in [0.15, 0.2) is 30.5 Å². The number of benzene rings is 1. The average molecular weight is 401 g/mol. The van der Waals surface area contributed by atoms with Gasteiger partial charge in [-0.1, -0.05) is 0 Å². The van der Waals surface area contributed by atoms with Crippen LogP contribution in [0.5, 0.6) is 5.88 Å². The molecule has 2 aromatic rings. The van der Waals surface area contributed by atoms with Crippen molar-refractivity contribution in [3.8, 4) is 5.88 Å². The molecule has 1 aliphatic rings. The maximum atomic E-state index is 12.4. The number of carbonyl (C=O) groups is 2. The first-order valence-electron chi connectivity index (χ1n) is 9.64. The summed E-state index contributed by atoms with van der Waals surface area (Å²) in [6.07, 6.45) is 2.49. The number of nitrogens with one attached hydrogen (secondary N) is 2. The maximum absolute atomic E-state index is 12.4. The molecule has 0 bridgehead atoms. The molecule has 1 fully saturated rings. The summed E-state index contributed by atoms with van der Waals surface area (Å²) in [5.74, 6) is -0.188. The van der Waals surface area contributed by atoms with Crippen molar-refractivity contribution in [2.75, 3.05) is 51.8 Å². The minimum atomic E-state index is -0.324. The molecule has 2 heterocycles. The van der Waals surface area contributed by atoms with Gasteiger partial charge in [0.1, 0.15) is 5.56 Å². The first kappa shape index (κ1) is 20.8. The second-order valence-corrected chi connectivity index (χ2v) is 6.82. The van der Waals surface area contributed by atoms with Gasteiger partial charge in [-0.15, -0.1) is 5.10 Å². The van der Waals surface area contributed by atoms with Gasteiger partial charge in [0.05, 0.1) is 20.3 Å². The van der Waals surface area contributed by atoms with Gasteiger partial charge in [0, 0.05) is 44.1 Å². The van der Waals surface area contributed by atoms with E-state index >= 15 is 0 Å². The Kier molecular flexibility index (Phi) is 7.20. The number of hydrogen-bond acceptors (Lipinski definition) is 6. The fourth-order valence-corrected chi connectivity index (χ4v) is 3.11. The molecule has 0 spiro atoms. The van der Waals surface area contributed by atoms with Crippen LogP contribution in [0.1, 0.15) is 27.1 Å². The SMILES string of the molecule is COc1nn(C)cc1C(=O)Nc1ccc(C(=O)NCCCN2CCOCC2)cc1. The van der Waals surface area contributed by atoms with Crippen molar-refractivity contribution < 1.29 is 19.1 Å². The maximum Gasteiger partial charge on any atom is 0.262 e. The number of amides is 2. The first-order valence-corrected chi connectivity index (χ1v) is 9.64. The molecule has 9 heteroatoms. The average Bonchev–Trinajstić information content (AvgIpc) is 3.13. The monoisotopic (exact) mass is 401 g/mol. The molecular weight excluding hydrogens is 374 g/mol. The van der Waals surface area contributed by atoms with Gasteiger partial charge in [-0.3, -0.25) is 19.2 Å². The second-order valence-electron chi connectivity index (χ2n) is 6.82. The lowest BCUT2D eigenvalue weighted by atomic mass is 10.2. The van der Waals surface area contributed by atoms with E-state index in [4.69, 9.17) is 9.47 Å². The highest BCUT2D eigenvalue weighted by atomic mass is 16.5. The van der Waals surface area contributed by atoms with E-state index in [1.807, 2.05) is 0 Å². The third-order valence-corrected chi connectivity index (χ3v) is 4.68. The van der Waals surface area contributed by atoms with Crippen molar-refractivity contribution in [3.05, 3.63) is 41.6 Å². The summed E-state index contributed by atoms with van der Waals surface area (Å²) in [7, 11) is 3.18. The van der Waals surface area contributed by atoms with Crippen molar-refractivity contribution >= 4 is 17.5 Å². The van der Waals surface area contributed by atoms with E-state index in [0.29, 0.717) is 23.4 Å². The van der Waals surface area contributed by atoms with Crippen molar-refractivity contribution in [1.29, 1.82) is 0 Å². The number of rotatable bonds is 8. The van der Waals surface area contributed by atoms with Gasteiger partial charge < -0.3 is 20.1 Å². The highest BCUT2D eigenvalue weighted by Gasteiger charge is 2.16. The lowest BCUT2D eigenvalue weighted by Gasteiger charge is -2.26. The van der Waals surface area contributed by atoms with E-state index in [2.05, 4.69) is 20.6 Å². The quantitative estimate of drug-likeness (QED) is 0.644. The minimum absolute atomic E-state index is 0.126. The normalized spacial score (nSPS) is 14.4. The van der Waals surface area contributed by atoms with Gasteiger partial charge in [0.25, 0.3) is 11.8 Å². The van der Waals surface area contributed by atoms with Crippen LogP contribution in [0, 0.1) is 0 Å². The number of anilines is 1. The third-order valence-electron chi connectivity index (χ3n) is 4.68. The van der Waals surface area contributed by atoms with Crippen molar-refractivity contribution in [3.63, 3.8) is 0 Å². The Morgan fingerprint density at radius 3 is 2.59 bits per heavy atom. The number of hydrogen-bond donors (Lipinski definition) is 2. The Bertz CT molecular complexity index is 828. The summed E-state index contributed by atoms with van der Waals surface area (Å²) in [6, 6.07) is 6.77. The third kappa shape index (κ3) is 5.78. The van der Waals surface area contributed by atoms with Gasteiger partial charge >= 0.3 is 0 Å². The number of morpholine rings is 1. The Labute approximate surface area is 170 Å². The molecular formula is C20H27N5O4. The number of aromatic nitrogens is 2. The van der Waals surface area contributed by atoms with E-state index in [1.54, 1.807) is 37.5 Å². The van der Waals surface area contributed by atoms with Crippen LogP contribution in [0.3, 0.4) is 0 Å². The molecule has 1 aromatic heterocycles. The Morgan fingerprint density at radius 2 is 1.90 bits per heavy atom. The van der Waals surface area contributed by atoms with Crippen molar-refractivity contribution in [1.82, 2.24) is 20.0 Å². The zero-order chi connectivity index (χ0) is 20.6. The largest absolute Gasteiger partial charge is 0.479 e. The second kappa shape index (κ2) is 10.0. The van der Waals surface area contributed by atoms with Gasteiger partial charge in [-0.25, -0.2) is 0 Å². The van der Waals surface area contributed by atoms with Crippen LogP contribution >= 0.6 is 0 Å². The molecule has 1 saturated heterocycles. The molecule has 2 N–H and O–H groups in total. The van der Waals surface area contributed by atoms with Crippen LogP contribution in [-0.2, 0) is 11.8 Å². The highest BCUT2D eigenvalue weighted by molar-refractivity contribution is 6.06. The van der Waals surface area contributed by atoms with Crippen molar-refractivity contribution in [2.45, 2.75) is 6.42 Å². The van der Waals surface area contributed by atoms with Crippen molar-refractivity contribution in [2.24, 2.45) is 7.05 Å². The zero-order valence-electron chi connectivity index (χ0n) is 16.8. The predicted octanol–water partition coefficient (Wildman–Crippen LogP) is 1.13. The van der Waals surface area contributed by atoms with E-state index < -0.39 is 0 Å². The Balaban J connectivity index is 1.46. The van der Waals surface area contributed by atoms with Crippen LogP contribution in [0.4, 0.5) is 5.69 Å². The first-order chi connectivity index (χ1) is 14.1. The molecule has 2 amide bonds. The fraction of sp³-hybridized carbons (Fsp3) is 0.450. The lowest BCUT2D eigenvalue weighted by molar-refractivity contribution is 0.0374. The topological polar surface area (TPSA) is 97.7 Å². The Morgan fingerprint density at radius 1 is 1.17 bits per heavy atom.